The van der Waals surface area contributed by atoms with Crippen LogP contribution in [0.1, 0.15) is 38.5 Å². The van der Waals surface area contributed by atoms with Crippen molar-refractivity contribution in [1.82, 2.24) is 5.32 Å². The van der Waals surface area contributed by atoms with Gasteiger partial charge in [-0.1, -0.05) is 0 Å². The number of guanidine groups is 1. The Morgan fingerprint density at radius 3 is 1.35 bits per heavy atom. The summed E-state index contributed by atoms with van der Waals surface area (Å²) in [5.41, 5.74) is 16.8. The van der Waals surface area contributed by atoms with Crippen LogP contribution in [0.15, 0.2) is 112 Å². The van der Waals surface area contributed by atoms with Crippen molar-refractivity contribution in [2.24, 2.45) is 22.2 Å². The molecule has 14 nitrogen and oxygen atoms in total. The molecule has 4 aromatic carbocycles. The van der Waals surface area contributed by atoms with E-state index in [1.165, 1.54) is 24.3 Å². The van der Waals surface area contributed by atoms with E-state index in [1.54, 1.807) is 72.8 Å². The first-order chi connectivity index (χ1) is 24.5. The van der Waals surface area contributed by atoms with Gasteiger partial charge in [0.25, 0.3) is 0 Å². The van der Waals surface area contributed by atoms with Gasteiger partial charge < -0.3 is 42.6 Å². The highest BCUT2D eigenvalue weighted by molar-refractivity contribution is 7.91. The molecule has 0 atom stereocenters. The number of anilines is 2. The number of primary amides is 1. The first-order valence-corrected chi connectivity index (χ1v) is 17.7. The molecule has 0 spiro atoms. The van der Waals surface area contributed by atoms with Crippen LogP contribution in [0, 0.1) is 0 Å². The molecule has 0 aromatic heterocycles. The minimum atomic E-state index is -3.81. The van der Waals surface area contributed by atoms with E-state index in [1.807, 2.05) is 0 Å². The number of rotatable bonds is 18. The summed E-state index contributed by atoms with van der Waals surface area (Å²) in [6.07, 6.45) is 3.23. The Hall–Kier alpha value is -6.09. The third kappa shape index (κ3) is 12.7. The average molecular weight is 716 g/mol. The number of sulfone groups is 1. The highest BCUT2D eigenvalue weighted by Gasteiger charge is 2.18. The van der Waals surface area contributed by atoms with Crippen molar-refractivity contribution in [3.05, 3.63) is 97.1 Å². The zero-order chi connectivity index (χ0) is 36.6. The first-order valence-electron chi connectivity index (χ1n) is 16.2. The number of urea groups is 1. The SMILES string of the molecule is NC(=O)NCCCCC(=O)Nc1ccc(Oc2ccc(S(=O)(=O)c3ccc(Oc4ccc(NC(=O)CCCCN=C(N)N)cc4)cc3)cc2)cc1. The van der Waals surface area contributed by atoms with E-state index in [9.17, 15) is 22.8 Å². The Labute approximate surface area is 296 Å². The molecule has 4 aromatic rings. The molecule has 4 rings (SSSR count). The second-order valence-electron chi connectivity index (χ2n) is 11.3. The van der Waals surface area contributed by atoms with Crippen molar-refractivity contribution in [2.75, 3.05) is 23.7 Å². The Kier molecular flexibility index (Phi) is 13.8. The third-order valence-electron chi connectivity index (χ3n) is 7.25. The molecule has 0 bridgehead atoms. The van der Waals surface area contributed by atoms with Crippen LogP contribution < -0.4 is 42.6 Å². The molecular formula is C36H41N7O7S. The molecule has 0 saturated carbocycles. The molecule has 0 aliphatic carbocycles. The summed E-state index contributed by atoms with van der Waals surface area (Å²) < 4.78 is 38.3. The van der Waals surface area contributed by atoms with E-state index in [0.717, 1.165) is 0 Å². The molecule has 4 amide bonds. The van der Waals surface area contributed by atoms with Crippen LogP contribution in [0.5, 0.6) is 23.0 Å². The zero-order valence-corrected chi connectivity index (χ0v) is 28.7. The number of unbranched alkanes of at least 4 members (excludes halogenated alkanes) is 2. The van der Waals surface area contributed by atoms with Crippen LogP contribution in [0.3, 0.4) is 0 Å². The van der Waals surface area contributed by atoms with Crippen molar-refractivity contribution in [3.63, 3.8) is 0 Å². The van der Waals surface area contributed by atoms with Crippen molar-refractivity contribution in [2.45, 2.75) is 48.3 Å². The van der Waals surface area contributed by atoms with Gasteiger partial charge in [0.2, 0.25) is 21.7 Å². The average Bonchev–Trinajstić information content (AvgIpc) is 3.10. The van der Waals surface area contributed by atoms with Crippen molar-refractivity contribution >= 4 is 45.0 Å². The number of nitrogens with zero attached hydrogens (tertiary/aromatic N) is 1. The Morgan fingerprint density at radius 1 is 0.569 bits per heavy atom. The predicted molar refractivity (Wildman–Crippen MR) is 195 cm³/mol. The summed E-state index contributed by atoms with van der Waals surface area (Å²) in [6.45, 7) is 0.892. The van der Waals surface area contributed by atoms with Gasteiger partial charge in [0, 0.05) is 37.3 Å². The highest BCUT2D eigenvalue weighted by atomic mass is 32.2. The second kappa shape index (κ2) is 18.6. The maximum absolute atomic E-state index is 13.3. The number of nitrogens with two attached hydrogens (primary N) is 3. The fraction of sp³-hybridized carbons (Fsp3) is 0.222. The van der Waals surface area contributed by atoms with Crippen LogP contribution >= 0.6 is 0 Å². The minimum absolute atomic E-state index is 0.0331. The first kappa shape index (κ1) is 37.7. The smallest absolute Gasteiger partial charge is 0.312 e. The van der Waals surface area contributed by atoms with Gasteiger partial charge in [-0.25, -0.2) is 13.2 Å². The molecule has 0 radical (unpaired) electrons. The number of benzene rings is 4. The fourth-order valence-electron chi connectivity index (χ4n) is 4.67. The highest BCUT2D eigenvalue weighted by Crippen LogP contribution is 2.29. The van der Waals surface area contributed by atoms with Gasteiger partial charge in [-0.3, -0.25) is 14.6 Å². The predicted octanol–water partition coefficient (Wildman–Crippen LogP) is 5.26. The lowest BCUT2D eigenvalue weighted by Crippen LogP contribution is -2.30. The molecule has 0 heterocycles. The molecule has 9 N–H and O–H groups in total. The summed E-state index contributed by atoms with van der Waals surface area (Å²) in [5, 5.41) is 8.11. The minimum Gasteiger partial charge on any atom is -0.457 e. The van der Waals surface area contributed by atoms with E-state index in [2.05, 4.69) is 20.9 Å². The van der Waals surface area contributed by atoms with E-state index >= 15 is 0 Å². The fourth-order valence-corrected chi connectivity index (χ4v) is 5.93. The van der Waals surface area contributed by atoms with Gasteiger partial charge in [-0.2, -0.15) is 0 Å². The summed E-state index contributed by atoms with van der Waals surface area (Å²) >= 11 is 0. The number of hydrogen-bond acceptors (Lipinski definition) is 8. The van der Waals surface area contributed by atoms with Crippen molar-refractivity contribution < 1.29 is 32.3 Å². The number of nitrogens with one attached hydrogen (secondary N) is 3. The topological polar surface area (TPSA) is 230 Å². The molecule has 51 heavy (non-hydrogen) atoms. The second-order valence-corrected chi connectivity index (χ2v) is 13.3. The molecule has 0 aliphatic rings. The number of carbonyl (C=O) groups excluding carboxylic acids is 3. The van der Waals surface area contributed by atoms with E-state index < -0.39 is 15.9 Å². The zero-order valence-electron chi connectivity index (χ0n) is 27.8. The summed E-state index contributed by atoms with van der Waals surface area (Å²) in [5.74, 6) is 1.65. The lowest BCUT2D eigenvalue weighted by Gasteiger charge is -2.10. The Balaban J connectivity index is 1.24. The number of hydrogen-bond donors (Lipinski definition) is 6. The van der Waals surface area contributed by atoms with E-state index in [-0.39, 0.29) is 27.6 Å². The number of aliphatic imine (C=N–C) groups is 1. The Morgan fingerprint density at radius 2 is 0.961 bits per heavy atom. The van der Waals surface area contributed by atoms with Gasteiger partial charge >= 0.3 is 6.03 Å². The van der Waals surface area contributed by atoms with E-state index in [4.69, 9.17) is 26.7 Å². The summed E-state index contributed by atoms with van der Waals surface area (Å²) in [6, 6.07) is 25.2. The number of amides is 4. The van der Waals surface area contributed by atoms with Gasteiger partial charge in [-0.05, 0) is 123 Å². The largest absolute Gasteiger partial charge is 0.457 e. The van der Waals surface area contributed by atoms with Gasteiger partial charge in [0.1, 0.15) is 23.0 Å². The molecule has 0 saturated heterocycles. The standard InChI is InChI=1S/C36H41N7O7S/c37-35(38)40-23-3-1-5-33(44)42-25-7-11-27(12-8-25)49-29-15-19-31(20-16-29)51(47,48)32-21-17-30(18-22-32)50-28-13-9-26(10-14-28)43-34(45)6-2-4-24-41-36(39)46/h7-22H,1-6,23-24H2,(H,42,44)(H,43,45)(H4,37,38,40)(H3,39,41,46). The quantitative estimate of drug-likeness (QED) is 0.0447. The van der Waals surface area contributed by atoms with Gasteiger partial charge in [-0.15, -0.1) is 0 Å². The lowest BCUT2D eigenvalue weighted by atomic mass is 10.2. The Bertz CT molecular complexity index is 1900. The summed E-state index contributed by atoms with van der Waals surface area (Å²) in [7, 11) is -3.81. The molecule has 268 valence electrons. The van der Waals surface area contributed by atoms with Crippen LogP contribution in [-0.2, 0) is 19.4 Å². The van der Waals surface area contributed by atoms with Crippen LogP contribution in [0.4, 0.5) is 16.2 Å². The summed E-state index contributed by atoms with van der Waals surface area (Å²) in [4.78, 5) is 39.1. The monoisotopic (exact) mass is 715 g/mol. The molecule has 0 aliphatic heterocycles. The molecule has 0 unspecified atom stereocenters. The normalized spacial score (nSPS) is 10.8. The van der Waals surface area contributed by atoms with E-state index in [0.29, 0.717) is 86.0 Å². The molecular weight excluding hydrogens is 675 g/mol. The maximum Gasteiger partial charge on any atom is 0.312 e. The molecule has 15 heteroatoms. The van der Waals surface area contributed by atoms with Gasteiger partial charge in [0.05, 0.1) is 9.79 Å². The number of ether oxygens (including phenoxy) is 2. The van der Waals surface area contributed by atoms with Crippen LogP contribution in [-0.4, -0.2) is 45.3 Å². The molecule has 0 fully saturated rings. The lowest BCUT2D eigenvalue weighted by molar-refractivity contribution is -0.117. The number of carbonyl (C=O) groups is 3. The van der Waals surface area contributed by atoms with Crippen LogP contribution in [0.25, 0.3) is 0 Å². The van der Waals surface area contributed by atoms with Crippen molar-refractivity contribution in [1.29, 1.82) is 0 Å². The van der Waals surface area contributed by atoms with Crippen molar-refractivity contribution in [3.8, 4) is 23.0 Å². The van der Waals surface area contributed by atoms with Crippen LogP contribution in [0.2, 0.25) is 0 Å². The van der Waals surface area contributed by atoms with Gasteiger partial charge in [0.15, 0.2) is 5.96 Å². The third-order valence-corrected chi connectivity index (χ3v) is 9.04. The maximum atomic E-state index is 13.3.